The van der Waals surface area contributed by atoms with E-state index in [1.165, 1.54) is 0 Å². The highest BCUT2D eigenvalue weighted by Gasteiger charge is 2.09. The summed E-state index contributed by atoms with van der Waals surface area (Å²) >= 11 is 3.50. The summed E-state index contributed by atoms with van der Waals surface area (Å²) < 4.78 is 12.4. The molecule has 3 nitrogen and oxygen atoms in total. The lowest BCUT2D eigenvalue weighted by Crippen LogP contribution is -2.22. The van der Waals surface area contributed by atoms with Crippen LogP contribution in [0.15, 0.2) is 22.7 Å². The van der Waals surface area contributed by atoms with Gasteiger partial charge in [-0.25, -0.2) is 0 Å². The second-order valence-electron chi connectivity index (χ2n) is 5.44. The third-order valence-electron chi connectivity index (χ3n) is 2.97. The molecule has 0 spiro atoms. The maximum Gasteiger partial charge on any atom is 0.122 e. The highest BCUT2D eigenvalue weighted by molar-refractivity contribution is 9.10. The Kier molecular flexibility index (Phi) is 8.19. The zero-order chi connectivity index (χ0) is 15.0. The van der Waals surface area contributed by atoms with Crippen molar-refractivity contribution >= 4 is 15.9 Å². The Labute approximate surface area is 131 Å². The van der Waals surface area contributed by atoms with Gasteiger partial charge in [-0.3, -0.25) is 0 Å². The van der Waals surface area contributed by atoms with E-state index >= 15 is 0 Å². The fraction of sp³-hybridized carbons (Fsp3) is 0.625. The van der Waals surface area contributed by atoms with E-state index in [0.29, 0.717) is 19.1 Å². The van der Waals surface area contributed by atoms with E-state index in [9.17, 15) is 0 Å². The molecule has 0 aromatic heterocycles. The van der Waals surface area contributed by atoms with Crippen molar-refractivity contribution in [3.05, 3.63) is 28.2 Å². The lowest BCUT2D eigenvalue weighted by molar-refractivity contribution is 0.0816. The van der Waals surface area contributed by atoms with Crippen LogP contribution >= 0.6 is 15.9 Å². The number of hydrogen-bond acceptors (Lipinski definition) is 3. The molecule has 0 radical (unpaired) electrons. The molecular formula is C16H26BrNO2. The van der Waals surface area contributed by atoms with Crippen LogP contribution in [0.25, 0.3) is 0 Å². The van der Waals surface area contributed by atoms with Crippen molar-refractivity contribution in [2.75, 3.05) is 19.8 Å². The summed E-state index contributed by atoms with van der Waals surface area (Å²) in [5, 5.41) is 0. The first-order valence-corrected chi connectivity index (χ1v) is 8.06. The molecule has 1 unspecified atom stereocenters. The SMILES string of the molecule is CCC(N)Cc1cc(Br)ccc1OCCOCC(C)C. The summed E-state index contributed by atoms with van der Waals surface area (Å²) in [4.78, 5) is 0. The van der Waals surface area contributed by atoms with E-state index in [4.69, 9.17) is 15.2 Å². The van der Waals surface area contributed by atoms with Crippen LogP contribution in [-0.2, 0) is 11.2 Å². The van der Waals surface area contributed by atoms with Gasteiger partial charge in [-0.2, -0.15) is 0 Å². The quantitative estimate of drug-likeness (QED) is 0.694. The Morgan fingerprint density at radius 3 is 2.65 bits per heavy atom. The van der Waals surface area contributed by atoms with Gasteiger partial charge in [0.2, 0.25) is 0 Å². The lowest BCUT2D eigenvalue weighted by atomic mass is 10.0. The van der Waals surface area contributed by atoms with Crippen molar-refractivity contribution in [2.24, 2.45) is 11.7 Å². The first kappa shape index (κ1) is 17.5. The summed E-state index contributed by atoms with van der Waals surface area (Å²) in [6, 6.07) is 6.24. The van der Waals surface area contributed by atoms with Gasteiger partial charge >= 0.3 is 0 Å². The normalized spacial score (nSPS) is 12.7. The van der Waals surface area contributed by atoms with Gasteiger partial charge in [0, 0.05) is 17.1 Å². The van der Waals surface area contributed by atoms with Gasteiger partial charge < -0.3 is 15.2 Å². The van der Waals surface area contributed by atoms with Gasteiger partial charge in [-0.1, -0.05) is 36.7 Å². The van der Waals surface area contributed by atoms with Crippen LogP contribution in [0.2, 0.25) is 0 Å². The average Bonchev–Trinajstić information content (AvgIpc) is 2.40. The molecule has 0 amide bonds. The maximum atomic E-state index is 6.04. The van der Waals surface area contributed by atoms with Gasteiger partial charge in [0.15, 0.2) is 0 Å². The Morgan fingerprint density at radius 1 is 1.25 bits per heavy atom. The fourth-order valence-electron chi connectivity index (χ4n) is 1.80. The molecule has 4 heteroatoms. The molecule has 0 fully saturated rings. The number of hydrogen-bond donors (Lipinski definition) is 1. The van der Waals surface area contributed by atoms with Crippen LogP contribution in [0, 0.1) is 5.92 Å². The van der Waals surface area contributed by atoms with Crippen LogP contribution in [0.1, 0.15) is 32.8 Å². The molecule has 0 aliphatic rings. The fourth-order valence-corrected chi connectivity index (χ4v) is 2.21. The standard InChI is InChI=1S/C16H26BrNO2/c1-4-15(18)10-13-9-14(17)5-6-16(13)20-8-7-19-11-12(2)3/h5-6,9,12,15H,4,7-8,10-11,18H2,1-3H3. The van der Waals surface area contributed by atoms with Crippen molar-refractivity contribution in [1.29, 1.82) is 0 Å². The minimum Gasteiger partial charge on any atom is -0.491 e. The number of ether oxygens (including phenoxy) is 2. The lowest BCUT2D eigenvalue weighted by Gasteiger charge is -2.15. The van der Waals surface area contributed by atoms with Crippen molar-refractivity contribution in [3.8, 4) is 5.75 Å². The molecule has 1 atom stereocenters. The van der Waals surface area contributed by atoms with E-state index in [-0.39, 0.29) is 6.04 Å². The zero-order valence-electron chi connectivity index (χ0n) is 12.7. The zero-order valence-corrected chi connectivity index (χ0v) is 14.3. The molecule has 0 saturated carbocycles. The van der Waals surface area contributed by atoms with Gasteiger partial charge in [0.05, 0.1) is 6.61 Å². The summed E-state index contributed by atoms with van der Waals surface area (Å²) in [6.45, 7) is 8.34. The first-order valence-electron chi connectivity index (χ1n) is 7.27. The minimum absolute atomic E-state index is 0.170. The Morgan fingerprint density at radius 2 is 2.00 bits per heavy atom. The molecule has 0 aliphatic carbocycles. The van der Waals surface area contributed by atoms with Gasteiger partial charge in [-0.15, -0.1) is 0 Å². The molecule has 2 N–H and O–H groups in total. The summed E-state index contributed by atoms with van der Waals surface area (Å²) in [5.74, 6) is 1.46. The highest BCUT2D eigenvalue weighted by Crippen LogP contribution is 2.24. The minimum atomic E-state index is 0.170. The van der Waals surface area contributed by atoms with E-state index in [1.807, 2.05) is 12.1 Å². The Bertz CT molecular complexity index is 396. The monoisotopic (exact) mass is 343 g/mol. The molecule has 0 saturated heterocycles. The number of benzene rings is 1. The Balaban J connectivity index is 2.51. The van der Waals surface area contributed by atoms with Crippen molar-refractivity contribution in [1.82, 2.24) is 0 Å². The molecule has 1 aromatic rings. The van der Waals surface area contributed by atoms with E-state index in [2.05, 4.69) is 42.8 Å². The summed E-state index contributed by atoms with van der Waals surface area (Å²) in [7, 11) is 0. The van der Waals surface area contributed by atoms with Crippen LogP contribution in [0.3, 0.4) is 0 Å². The van der Waals surface area contributed by atoms with Crippen LogP contribution in [0.4, 0.5) is 0 Å². The van der Waals surface area contributed by atoms with Gasteiger partial charge in [0.25, 0.3) is 0 Å². The largest absolute Gasteiger partial charge is 0.491 e. The second kappa shape index (κ2) is 9.37. The number of halogens is 1. The smallest absolute Gasteiger partial charge is 0.122 e. The van der Waals surface area contributed by atoms with Crippen molar-refractivity contribution in [3.63, 3.8) is 0 Å². The average molecular weight is 344 g/mol. The second-order valence-corrected chi connectivity index (χ2v) is 6.36. The Hall–Kier alpha value is -0.580. The third kappa shape index (κ3) is 6.73. The predicted octanol–water partition coefficient (Wildman–Crippen LogP) is 3.78. The molecule has 20 heavy (non-hydrogen) atoms. The topological polar surface area (TPSA) is 44.5 Å². The van der Waals surface area contributed by atoms with Crippen molar-refractivity contribution in [2.45, 2.75) is 39.7 Å². The van der Waals surface area contributed by atoms with Crippen molar-refractivity contribution < 1.29 is 9.47 Å². The van der Waals surface area contributed by atoms with E-state index in [1.54, 1.807) is 0 Å². The third-order valence-corrected chi connectivity index (χ3v) is 3.46. The molecule has 1 rings (SSSR count). The van der Waals surface area contributed by atoms with Crippen LogP contribution in [0.5, 0.6) is 5.75 Å². The van der Waals surface area contributed by atoms with Gasteiger partial charge in [0.1, 0.15) is 12.4 Å². The van der Waals surface area contributed by atoms with Crippen LogP contribution < -0.4 is 10.5 Å². The maximum absolute atomic E-state index is 6.04. The summed E-state index contributed by atoms with van der Waals surface area (Å²) in [5.41, 5.74) is 7.19. The number of rotatable bonds is 9. The molecule has 0 aliphatic heterocycles. The number of nitrogens with two attached hydrogens (primary N) is 1. The van der Waals surface area contributed by atoms with E-state index in [0.717, 1.165) is 35.2 Å². The van der Waals surface area contributed by atoms with Gasteiger partial charge in [-0.05, 0) is 42.5 Å². The molecule has 1 aromatic carbocycles. The van der Waals surface area contributed by atoms with Crippen LogP contribution in [-0.4, -0.2) is 25.9 Å². The first-order chi connectivity index (χ1) is 9.52. The highest BCUT2D eigenvalue weighted by atomic mass is 79.9. The molecule has 0 heterocycles. The molecular weight excluding hydrogens is 318 g/mol. The summed E-state index contributed by atoms with van der Waals surface area (Å²) in [6.07, 6.45) is 1.79. The predicted molar refractivity (Wildman–Crippen MR) is 87.3 cm³/mol. The molecule has 0 bridgehead atoms. The molecule has 114 valence electrons. The van der Waals surface area contributed by atoms with E-state index < -0.39 is 0 Å².